The summed E-state index contributed by atoms with van der Waals surface area (Å²) in [5.41, 5.74) is 2.97. The van der Waals surface area contributed by atoms with Crippen LogP contribution in [0.5, 0.6) is 11.5 Å². The summed E-state index contributed by atoms with van der Waals surface area (Å²) in [5.74, 6) is 1.11. The number of rotatable bonds is 6. The highest BCUT2D eigenvalue weighted by molar-refractivity contribution is 5.88. The minimum absolute atomic E-state index is 0.161. The number of para-hydroxylation sites is 1. The van der Waals surface area contributed by atoms with Crippen LogP contribution in [-0.2, 0) is 11.3 Å². The molecule has 0 aliphatic rings. The third-order valence-electron chi connectivity index (χ3n) is 3.66. The number of benzene rings is 2. The molecule has 134 valence electrons. The van der Waals surface area contributed by atoms with E-state index in [2.05, 4.69) is 4.74 Å². The SMILES string of the molecule is CCOc1cccc(COc2ccc(C)cc2C)c1N(O)C(=O)OC. The van der Waals surface area contributed by atoms with E-state index < -0.39 is 6.09 Å². The van der Waals surface area contributed by atoms with Crippen LogP contribution >= 0.6 is 0 Å². The van der Waals surface area contributed by atoms with E-state index in [1.54, 1.807) is 18.2 Å². The normalized spacial score (nSPS) is 10.3. The standard InChI is InChI=1S/C19H23NO5/c1-5-24-17-8-6-7-15(18(17)20(22)19(21)23-4)12-25-16-10-9-13(2)11-14(16)3/h6-11,22H,5,12H2,1-4H3. The first-order chi connectivity index (χ1) is 12.0. The van der Waals surface area contributed by atoms with Crippen LogP contribution in [0.1, 0.15) is 23.6 Å². The average Bonchev–Trinajstić information content (AvgIpc) is 2.60. The lowest BCUT2D eigenvalue weighted by Gasteiger charge is -2.21. The number of carbonyl (C=O) groups is 1. The van der Waals surface area contributed by atoms with Gasteiger partial charge in [-0.3, -0.25) is 5.21 Å². The first-order valence-electron chi connectivity index (χ1n) is 7.99. The Bertz CT molecular complexity index is 745. The maximum absolute atomic E-state index is 11.7. The topological polar surface area (TPSA) is 68.2 Å². The number of nitrogens with zero attached hydrogens (tertiary/aromatic N) is 1. The van der Waals surface area contributed by atoms with Gasteiger partial charge in [0.1, 0.15) is 23.8 Å². The van der Waals surface area contributed by atoms with Gasteiger partial charge in [-0.05, 0) is 38.5 Å². The van der Waals surface area contributed by atoms with Crippen molar-refractivity contribution in [1.29, 1.82) is 0 Å². The summed E-state index contributed by atoms with van der Waals surface area (Å²) in [7, 11) is 1.20. The lowest BCUT2D eigenvalue weighted by Crippen LogP contribution is -2.28. The predicted octanol–water partition coefficient (Wildman–Crippen LogP) is 4.24. The Morgan fingerprint density at radius 2 is 1.88 bits per heavy atom. The van der Waals surface area contributed by atoms with Crippen molar-refractivity contribution in [3.05, 3.63) is 53.1 Å². The maximum Gasteiger partial charge on any atom is 0.438 e. The molecule has 2 aromatic rings. The van der Waals surface area contributed by atoms with Gasteiger partial charge in [0.05, 0.1) is 13.7 Å². The molecule has 0 aliphatic heterocycles. The number of anilines is 1. The van der Waals surface area contributed by atoms with Gasteiger partial charge < -0.3 is 14.2 Å². The van der Waals surface area contributed by atoms with Gasteiger partial charge in [0.2, 0.25) is 0 Å². The molecule has 0 heterocycles. The summed E-state index contributed by atoms with van der Waals surface area (Å²) < 4.78 is 16.0. The summed E-state index contributed by atoms with van der Waals surface area (Å²) in [6, 6.07) is 11.1. The fourth-order valence-electron chi connectivity index (χ4n) is 2.49. The molecule has 1 amide bonds. The molecule has 25 heavy (non-hydrogen) atoms. The largest absolute Gasteiger partial charge is 0.492 e. The Labute approximate surface area is 147 Å². The van der Waals surface area contributed by atoms with E-state index in [0.29, 0.717) is 23.0 Å². The number of hydroxylamine groups is 1. The molecule has 0 saturated heterocycles. The zero-order valence-electron chi connectivity index (χ0n) is 14.9. The Kier molecular flexibility index (Phi) is 6.25. The number of carbonyl (C=O) groups excluding carboxylic acids is 1. The Morgan fingerprint density at radius 3 is 2.52 bits per heavy atom. The molecule has 6 heteroatoms. The van der Waals surface area contributed by atoms with Crippen LogP contribution in [-0.4, -0.2) is 25.0 Å². The number of methoxy groups -OCH3 is 1. The van der Waals surface area contributed by atoms with Gasteiger partial charge in [-0.15, -0.1) is 0 Å². The third-order valence-corrected chi connectivity index (χ3v) is 3.66. The van der Waals surface area contributed by atoms with Crippen LogP contribution < -0.4 is 14.5 Å². The van der Waals surface area contributed by atoms with Crippen LogP contribution in [0.15, 0.2) is 36.4 Å². The zero-order valence-corrected chi connectivity index (χ0v) is 14.9. The molecule has 0 atom stereocenters. The minimum atomic E-state index is -0.903. The summed E-state index contributed by atoms with van der Waals surface area (Å²) in [6.45, 7) is 6.35. The molecule has 0 spiro atoms. The van der Waals surface area contributed by atoms with E-state index in [-0.39, 0.29) is 12.3 Å². The van der Waals surface area contributed by atoms with Crippen LogP contribution in [0.4, 0.5) is 10.5 Å². The predicted molar refractivity (Wildman–Crippen MR) is 94.5 cm³/mol. The summed E-state index contributed by atoms with van der Waals surface area (Å²) in [6.07, 6.45) is -0.903. The van der Waals surface area contributed by atoms with Gasteiger partial charge in [-0.2, -0.15) is 5.06 Å². The maximum atomic E-state index is 11.7. The summed E-state index contributed by atoms with van der Waals surface area (Å²) in [5, 5.41) is 10.6. The lowest BCUT2D eigenvalue weighted by atomic mass is 10.1. The molecule has 0 aromatic heterocycles. The number of aryl methyl sites for hydroxylation is 2. The summed E-state index contributed by atoms with van der Waals surface area (Å²) in [4.78, 5) is 11.7. The molecule has 1 N–H and O–H groups in total. The highest BCUT2D eigenvalue weighted by Crippen LogP contribution is 2.33. The van der Waals surface area contributed by atoms with E-state index in [1.807, 2.05) is 39.0 Å². The fraction of sp³-hybridized carbons (Fsp3) is 0.316. The van der Waals surface area contributed by atoms with Crippen molar-refractivity contribution < 1.29 is 24.2 Å². The molecule has 0 fully saturated rings. The molecule has 6 nitrogen and oxygen atoms in total. The first-order valence-corrected chi connectivity index (χ1v) is 7.99. The van der Waals surface area contributed by atoms with Gasteiger partial charge in [0, 0.05) is 5.56 Å². The van der Waals surface area contributed by atoms with Gasteiger partial charge in [-0.25, -0.2) is 4.79 Å². The number of ether oxygens (including phenoxy) is 3. The van der Waals surface area contributed by atoms with Crippen LogP contribution in [0.2, 0.25) is 0 Å². The molecule has 0 saturated carbocycles. The second kappa shape index (κ2) is 8.39. The molecule has 2 aromatic carbocycles. The van der Waals surface area contributed by atoms with Gasteiger partial charge in [0.15, 0.2) is 0 Å². The van der Waals surface area contributed by atoms with Crippen molar-refractivity contribution in [3.63, 3.8) is 0 Å². The molecule has 0 unspecified atom stereocenters. The van der Waals surface area contributed by atoms with Crippen molar-refractivity contribution in [2.24, 2.45) is 0 Å². The van der Waals surface area contributed by atoms with Crippen molar-refractivity contribution in [1.82, 2.24) is 0 Å². The van der Waals surface area contributed by atoms with Crippen molar-refractivity contribution in [3.8, 4) is 11.5 Å². The highest BCUT2D eigenvalue weighted by atomic mass is 16.6. The van der Waals surface area contributed by atoms with Crippen LogP contribution in [0.3, 0.4) is 0 Å². The fourth-order valence-corrected chi connectivity index (χ4v) is 2.49. The smallest absolute Gasteiger partial charge is 0.438 e. The Hall–Kier alpha value is -2.73. The molecular weight excluding hydrogens is 322 g/mol. The lowest BCUT2D eigenvalue weighted by molar-refractivity contribution is 0.139. The molecule has 0 radical (unpaired) electrons. The molecule has 2 rings (SSSR count). The second-order valence-electron chi connectivity index (χ2n) is 5.54. The van der Waals surface area contributed by atoms with E-state index in [4.69, 9.17) is 9.47 Å². The van der Waals surface area contributed by atoms with E-state index in [9.17, 15) is 10.0 Å². The third kappa shape index (κ3) is 4.42. The number of amides is 1. The molecule has 0 aliphatic carbocycles. The van der Waals surface area contributed by atoms with Gasteiger partial charge >= 0.3 is 6.09 Å². The monoisotopic (exact) mass is 345 g/mol. The first kappa shape index (κ1) is 18.6. The minimum Gasteiger partial charge on any atom is -0.492 e. The second-order valence-corrected chi connectivity index (χ2v) is 5.54. The van der Waals surface area contributed by atoms with Crippen molar-refractivity contribution in [2.45, 2.75) is 27.4 Å². The highest BCUT2D eigenvalue weighted by Gasteiger charge is 2.22. The van der Waals surface area contributed by atoms with Gasteiger partial charge in [-0.1, -0.05) is 29.8 Å². The van der Waals surface area contributed by atoms with Crippen LogP contribution in [0.25, 0.3) is 0 Å². The van der Waals surface area contributed by atoms with E-state index in [0.717, 1.165) is 16.9 Å². The zero-order chi connectivity index (χ0) is 18.4. The quantitative estimate of drug-likeness (QED) is 0.626. The van der Waals surface area contributed by atoms with Crippen molar-refractivity contribution >= 4 is 11.8 Å². The number of hydrogen-bond acceptors (Lipinski definition) is 5. The van der Waals surface area contributed by atoms with E-state index >= 15 is 0 Å². The molecular formula is C19H23NO5. The Morgan fingerprint density at radius 1 is 1.12 bits per heavy atom. The van der Waals surface area contributed by atoms with Crippen molar-refractivity contribution in [2.75, 3.05) is 18.8 Å². The number of hydrogen-bond donors (Lipinski definition) is 1. The van der Waals surface area contributed by atoms with Gasteiger partial charge in [0.25, 0.3) is 0 Å². The van der Waals surface area contributed by atoms with Crippen LogP contribution in [0, 0.1) is 13.8 Å². The summed E-state index contributed by atoms with van der Waals surface area (Å²) >= 11 is 0. The average molecular weight is 345 g/mol. The Balaban J connectivity index is 2.32. The molecule has 0 bridgehead atoms. The van der Waals surface area contributed by atoms with E-state index in [1.165, 1.54) is 7.11 Å².